The van der Waals surface area contributed by atoms with E-state index in [0.29, 0.717) is 10.5 Å². The summed E-state index contributed by atoms with van der Waals surface area (Å²) in [6.07, 6.45) is 3.19. The second kappa shape index (κ2) is 5.79. The lowest BCUT2D eigenvalue weighted by molar-refractivity contribution is 0.0577. The molecule has 2 heterocycles. The summed E-state index contributed by atoms with van der Waals surface area (Å²) in [7, 11) is 0. The molecule has 0 bridgehead atoms. The molecule has 1 aliphatic carbocycles. The molecule has 3 unspecified atom stereocenters. The van der Waals surface area contributed by atoms with Crippen molar-refractivity contribution in [3.8, 4) is 16.9 Å². The van der Waals surface area contributed by atoms with Crippen LogP contribution in [0.25, 0.3) is 11.1 Å². The highest BCUT2D eigenvalue weighted by atomic mass is 79.9. The Labute approximate surface area is 155 Å². The van der Waals surface area contributed by atoms with Gasteiger partial charge in [-0.15, -0.1) is 0 Å². The van der Waals surface area contributed by atoms with E-state index in [1.54, 1.807) is 6.07 Å². The number of piperidine rings is 1. The van der Waals surface area contributed by atoms with Gasteiger partial charge in [0.1, 0.15) is 17.7 Å². The van der Waals surface area contributed by atoms with Crippen LogP contribution in [-0.4, -0.2) is 30.1 Å². The van der Waals surface area contributed by atoms with Gasteiger partial charge in [-0.05, 0) is 65.0 Å². The van der Waals surface area contributed by atoms with Crippen molar-refractivity contribution in [3.05, 3.63) is 51.7 Å². The van der Waals surface area contributed by atoms with E-state index in [4.69, 9.17) is 10.5 Å². The molecular formula is C20H20BrFN2O. The number of likely N-dealkylation sites (tertiary alicyclic amines) is 1. The van der Waals surface area contributed by atoms with Gasteiger partial charge in [0.25, 0.3) is 0 Å². The normalized spacial score (nSPS) is 27.6. The summed E-state index contributed by atoms with van der Waals surface area (Å²) in [4.78, 5) is 2.49. The second-order valence-electron chi connectivity index (χ2n) is 7.35. The number of benzene rings is 2. The van der Waals surface area contributed by atoms with Gasteiger partial charge in [-0.25, -0.2) is 4.39 Å². The summed E-state index contributed by atoms with van der Waals surface area (Å²) < 4.78 is 21.1. The molecule has 0 saturated carbocycles. The zero-order valence-electron chi connectivity index (χ0n) is 13.8. The molecule has 3 aliphatic rings. The van der Waals surface area contributed by atoms with E-state index in [1.165, 1.54) is 17.2 Å². The third kappa shape index (κ3) is 2.44. The van der Waals surface area contributed by atoms with Crippen LogP contribution < -0.4 is 10.5 Å². The van der Waals surface area contributed by atoms with Gasteiger partial charge < -0.3 is 10.5 Å². The third-order valence-electron chi connectivity index (χ3n) is 5.76. The highest BCUT2D eigenvalue weighted by molar-refractivity contribution is 9.10. The standard InChI is InChI=1S/C20H20BrFN2O/c21-16-9-12(22)8-15-14-5-1-3-11-7-17(20(18(11)14)25-19(15)16)24-6-2-4-13(23)10-24/h1,3,5,8-9,13,17,20H,2,4,6-7,10,23H2. The number of nitrogens with two attached hydrogens (primary N) is 1. The first kappa shape index (κ1) is 15.8. The lowest BCUT2D eigenvalue weighted by Gasteiger charge is -2.39. The van der Waals surface area contributed by atoms with Crippen LogP contribution in [0.4, 0.5) is 4.39 Å². The van der Waals surface area contributed by atoms with E-state index in [1.807, 2.05) is 0 Å². The minimum Gasteiger partial charge on any atom is -0.482 e. The van der Waals surface area contributed by atoms with Gasteiger partial charge in [-0.2, -0.15) is 0 Å². The van der Waals surface area contributed by atoms with Crippen molar-refractivity contribution in [1.29, 1.82) is 0 Å². The zero-order chi connectivity index (χ0) is 17.1. The predicted octanol–water partition coefficient (Wildman–Crippen LogP) is 4.04. The van der Waals surface area contributed by atoms with E-state index < -0.39 is 0 Å². The van der Waals surface area contributed by atoms with Crippen molar-refractivity contribution in [2.45, 2.75) is 37.5 Å². The molecule has 2 aliphatic heterocycles. The van der Waals surface area contributed by atoms with Crippen molar-refractivity contribution < 1.29 is 9.13 Å². The molecule has 1 fully saturated rings. The Balaban J connectivity index is 1.61. The fourth-order valence-corrected chi connectivity index (χ4v) is 5.22. The molecule has 0 amide bonds. The fraction of sp³-hybridized carbons (Fsp3) is 0.400. The van der Waals surface area contributed by atoms with Gasteiger partial charge in [0.15, 0.2) is 0 Å². The van der Waals surface area contributed by atoms with Gasteiger partial charge in [0.2, 0.25) is 0 Å². The van der Waals surface area contributed by atoms with Crippen molar-refractivity contribution >= 4 is 15.9 Å². The average molecular weight is 403 g/mol. The van der Waals surface area contributed by atoms with E-state index >= 15 is 0 Å². The quantitative estimate of drug-likeness (QED) is 0.782. The van der Waals surface area contributed by atoms with Crippen LogP contribution in [-0.2, 0) is 6.42 Å². The first-order valence-electron chi connectivity index (χ1n) is 8.89. The van der Waals surface area contributed by atoms with Crippen LogP contribution in [0, 0.1) is 5.82 Å². The van der Waals surface area contributed by atoms with Gasteiger partial charge in [-0.1, -0.05) is 18.2 Å². The highest BCUT2D eigenvalue weighted by Gasteiger charge is 2.43. The molecular weight excluding hydrogens is 383 g/mol. The van der Waals surface area contributed by atoms with Crippen LogP contribution in [0.1, 0.15) is 30.1 Å². The van der Waals surface area contributed by atoms with E-state index in [9.17, 15) is 4.39 Å². The number of fused-ring (bicyclic) bond motifs is 2. The van der Waals surface area contributed by atoms with Crippen molar-refractivity contribution in [2.24, 2.45) is 5.73 Å². The Kier molecular flexibility index (Phi) is 3.66. The molecule has 5 heteroatoms. The molecule has 130 valence electrons. The van der Waals surface area contributed by atoms with Gasteiger partial charge in [-0.3, -0.25) is 4.90 Å². The molecule has 1 saturated heterocycles. The smallest absolute Gasteiger partial charge is 0.142 e. The Morgan fingerprint density at radius 1 is 1.24 bits per heavy atom. The maximum atomic E-state index is 14.0. The molecule has 2 N–H and O–H groups in total. The second-order valence-corrected chi connectivity index (χ2v) is 8.20. The Bertz CT molecular complexity index is 856. The topological polar surface area (TPSA) is 38.5 Å². The first-order valence-corrected chi connectivity index (χ1v) is 9.68. The number of hydrogen-bond donors (Lipinski definition) is 1. The predicted molar refractivity (Wildman–Crippen MR) is 99.2 cm³/mol. The summed E-state index contributed by atoms with van der Waals surface area (Å²) in [6, 6.07) is 9.94. The van der Waals surface area contributed by atoms with Crippen molar-refractivity contribution in [2.75, 3.05) is 13.1 Å². The molecule has 0 aromatic heterocycles. The molecule has 3 atom stereocenters. The number of halogens is 2. The van der Waals surface area contributed by atoms with Gasteiger partial charge in [0, 0.05) is 23.7 Å². The maximum absolute atomic E-state index is 14.0. The van der Waals surface area contributed by atoms with E-state index in [-0.39, 0.29) is 18.0 Å². The first-order chi connectivity index (χ1) is 12.1. The molecule has 0 spiro atoms. The molecule has 2 aromatic carbocycles. The summed E-state index contributed by atoms with van der Waals surface area (Å²) in [6.45, 7) is 1.99. The van der Waals surface area contributed by atoms with Gasteiger partial charge >= 0.3 is 0 Å². The summed E-state index contributed by atoms with van der Waals surface area (Å²) in [5, 5.41) is 0. The Hall–Kier alpha value is -1.43. The van der Waals surface area contributed by atoms with Crippen LogP contribution in [0.15, 0.2) is 34.8 Å². The average Bonchev–Trinajstić information content (AvgIpc) is 2.96. The highest BCUT2D eigenvalue weighted by Crippen LogP contribution is 2.52. The SMILES string of the molecule is NC1CCCN(C2Cc3cccc4c3C2Oc2c(Br)cc(F)cc2-4)C1. The number of nitrogens with zero attached hydrogens (tertiary/aromatic N) is 1. The molecule has 0 radical (unpaired) electrons. The number of ether oxygens (including phenoxy) is 1. The van der Waals surface area contributed by atoms with E-state index in [2.05, 4.69) is 39.0 Å². The van der Waals surface area contributed by atoms with Crippen LogP contribution in [0.3, 0.4) is 0 Å². The van der Waals surface area contributed by atoms with Crippen LogP contribution in [0.5, 0.6) is 5.75 Å². The molecule has 2 aromatic rings. The Morgan fingerprint density at radius 2 is 2.12 bits per heavy atom. The summed E-state index contributed by atoms with van der Waals surface area (Å²) >= 11 is 3.49. The number of hydrogen-bond acceptors (Lipinski definition) is 3. The zero-order valence-corrected chi connectivity index (χ0v) is 15.4. The monoisotopic (exact) mass is 402 g/mol. The largest absolute Gasteiger partial charge is 0.482 e. The number of rotatable bonds is 1. The minimum absolute atomic E-state index is 0.00855. The van der Waals surface area contributed by atoms with E-state index in [0.717, 1.165) is 49.2 Å². The molecule has 3 nitrogen and oxygen atoms in total. The fourth-order valence-electron chi connectivity index (χ4n) is 4.69. The Morgan fingerprint density at radius 3 is 2.96 bits per heavy atom. The van der Waals surface area contributed by atoms with Crippen LogP contribution >= 0.6 is 15.9 Å². The lowest BCUT2D eigenvalue weighted by Crippen LogP contribution is -2.50. The van der Waals surface area contributed by atoms with Crippen molar-refractivity contribution in [3.63, 3.8) is 0 Å². The van der Waals surface area contributed by atoms with Gasteiger partial charge in [0.05, 0.1) is 10.5 Å². The molecule has 25 heavy (non-hydrogen) atoms. The van der Waals surface area contributed by atoms with Crippen LogP contribution in [0.2, 0.25) is 0 Å². The summed E-state index contributed by atoms with van der Waals surface area (Å²) in [5.41, 5.74) is 10.7. The molecule has 5 rings (SSSR count). The third-order valence-corrected chi connectivity index (χ3v) is 6.35. The van der Waals surface area contributed by atoms with Crippen molar-refractivity contribution in [1.82, 2.24) is 4.90 Å². The summed E-state index contributed by atoms with van der Waals surface area (Å²) in [5.74, 6) is 0.506. The lowest BCUT2D eigenvalue weighted by atomic mass is 9.92. The minimum atomic E-state index is -0.248. The maximum Gasteiger partial charge on any atom is 0.142 e.